The minimum atomic E-state index is 0.140. The van der Waals surface area contributed by atoms with Crippen LogP contribution < -0.4 is 4.90 Å². The number of piperidine rings is 1. The van der Waals surface area contributed by atoms with E-state index in [1.807, 2.05) is 29.2 Å². The van der Waals surface area contributed by atoms with Crippen molar-refractivity contribution in [1.82, 2.24) is 4.90 Å². The summed E-state index contributed by atoms with van der Waals surface area (Å²) in [6.45, 7) is 1.62. The van der Waals surface area contributed by atoms with Gasteiger partial charge in [-0.1, -0.05) is 34.1 Å². The number of rotatable bonds is 3. The molecule has 0 spiro atoms. The molecule has 0 radical (unpaired) electrons. The summed E-state index contributed by atoms with van der Waals surface area (Å²) in [7, 11) is 2.15. The number of likely N-dealkylation sites (tertiary alicyclic amines) is 1. The predicted molar refractivity (Wildman–Crippen MR) is 111 cm³/mol. The van der Waals surface area contributed by atoms with E-state index in [9.17, 15) is 4.79 Å². The van der Waals surface area contributed by atoms with Crippen LogP contribution in [0.15, 0.2) is 53.0 Å². The van der Waals surface area contributed by atoms with Crippen LogP contribution in [0.25, 0.3) is 0 Å². The molecule has 0 aliphatic carbocycles. The lowest BCUT2D eigenvalue weighted by Crippen LogP contribution is -2.45. The van der Waals surface area contributed by atoms with Crippen LogP contribution in [0.5, 0.6) is 0 Å². The van der Waals surface area contributed by atoms with Crippen LogP contribution >= 0.6 is 38.5 Å². The third-order valence-corrected chi connectivity index (χ3v) is 6.06. The van der Waals surface area contributed by atoms with Crippen molar-refractivity contribution in [3.63, 3.8) is 0 Å². The molecule has 1 fully saturated rings. The summed E-state index contributed by atoms with van der Waals surface area (Å²) in [5.41, 5.74) is 2.03. The highest BCUT2D eigenvalue weighted by Crippen LogP contribution is 2.25. The molecule has 3 nitrogen and oxygen atoms in total. The van der Waals surface area contributed by atoms with Crippen LogP contribution in [0, 0.1) is 3.57 Å². The summed E-state index contributed by atoms with van der Waals surface area (Å²) < 4.78 is 1.95. The van der Waals surface area contributed by atoms with Crippen molar-refractivity contribution in [2.75, 3.05) is 25.0 Å². The fourth-order valence-electron chi connectivity index (χ4n) is 3.16. The van der Waals surface area contributed by atoms with Crippen molar-refractivity contribution < 1.29 is 4.79 Å². The van der Waals surface area contributed by atoms with Crippen molar-refractivity contribution in [3.05, 3.63) is 62.1 Å². The Balaban J connectivity index is 1.64. The highest BCUT2D eigenvalue weighted by atomic mass is 127. The number of hydrogen-bond donors (Lipinski definition) is 0. The van der Waals surface area contributed by atoms with E-state index in [-0.39, 0.29) is 5.91 Å². The van der Waals surface area contributed by atoms with Gasteiger partial charge in [0, 0.05) is 39.9 Å². The molecule has 1 saturated heterocycles. The van der Waals surface area contributed by atoms with Gasteiger partial charge in [-0.05, 0) is 65.8 Å². The predicted octanol–water partition coefficient (Wildman–Crippen LogP) is 4.79. The van der Waals surface area contributed by atoms with Gasteiger partial charge in [-0.3, -0.25) is 4.79 Å². The standard InChI is InChI=1S/C19H20BrIN2O/c1-22(15-5-3-2-4-6-15)16-9-11-23(12-10-16)19(24)17-13-14(20)7-8-18(17)21/h2-8,13,16H,9-12H2,1H3. The average molecular weight is 499 g/mol. The van der Waals surface area contributed by atoms with Crippen molar-refractivity contribution in [2.45, 2.75) is 18.9 Å². The third-order valence-electron chi connectivity index (χ3n) is 4.62. The minimum absolute atomic E-state index is 0.140. The molecule has 126 valence electrons. The smallest absolute Gasteiger partial charge is 0.254 e. The number of nitrogens with zero attached hydrogens (tertiary/aromatic N) is 2. The summed E-state index contributed by atoms with van der Waals surface area (Å²) in [6.07, 6.45) is 2.00. The first-order chi connectivity index (χ1) is 11.6. The van der Waals surface area contributed by atoms with Gasteiger partial charge < -0.3 is 9.80 Å². The number of halogens is 2. The van der Waals surface area contributed by atoms with Crippen LogP contribution in [0.3, 0.4) is 0 Å². The molecule has 0 unspecified atom stereocenters. The maximum Gasteiger partial charge on any atom is 0.254 e. The molecule has 1 aliphatic heterocycles. The van der Waals surface area contributed by atoms with Crippen LogP contribution in [-0.4, -0.2) is 37.0 Å². The molecule has 0 bridgehead atoms. The lowest BCUT2D eigenvalue weighted by molar-refractivity contribution is 0.0712. The average Bonchev–Trinajstić information content (AvgIpc) is 2.63. The van der Waals surface area contributed by atoms with Crippen LogP contribution in [0.2, 0.25) is 0 Å². The van der Waals surface area contributed by atoms with Gasteiger partial charge >= 0.3 is 0 Å². The van der Waals surface area contributed by atoms with Crippen LogP contribution in [-0.2, 0) is 0 Å². The molecule has 1 aliphatic rings. The SMILES string of the molecule is CN(c1ccccc1)C1CCN(C(=O)c2cc(Br)ccc2I)CC1. The van der Waals surface area contributed by atoms with E-state index in [4.69, 9.17) is 0 Å². The van der Waals surface area contributed by atoms with E-state index in [2.05, 4.69) is 74.7 Å². The molecule has 1 heterocycles. The van der Waals surface area contributed by atoms with E-state index in [1.165, 1.54) is 5.69 Å². The Hall–Kier alpha value is -1.08. The Labute approximate surface area is 165 Å². The van der Waals surface area contributed by atoms with Gasteiger partial charge in [-0.2, -0.15) is 0 Å². The van der Waals surface area contributed by atoms with Gasteiger partial charge in [0.15, 0.2) is 0 Å². The Kier molecular flexibility index (Phi) is 5.81. The number of carbonyl (C=O) groups excluding carboxylic acids is 1. The van der Waals surface area contributed by atoms with Gasteiger partial charge in [0.1, 0.15) is 0 Å². The van der Waals surface area contributed by atoms with Crippen LogP contribution in [0.4, 0.5) is 5.69 Å². The Morgan fingerprint density at radius 3 is 2.50 bits per heavy atom. The van der Waals surface area contributed by atoms with Crippen molar-refractivity contribution in [2.24, 2.45) is 0 Å². The zero-order valence-electron chi connectivity index (χ0n) is 13.6. The summed E-state index contributed by atoms with van der Waals surface area (Å²) in [5.74, 6) is 0.140. The van der Waals surface area contributed by atoms with E-state index < -0.39 is 0 Å². The molecule has 5 heteroatoms. The summed E-state index contributed by atoms with van der Waals surface area (Å²) in [4.78, 5) is 17.1. The summed E-state index contributed by atoms with van der Waals surface area (Å²) >= 11 is 5.70. The van der Waals surface area contributed by atoms with Crippen molar-refractivity contribution in [1.29, 1.82) is 0 Å². The van der Waals surface area contributed by atoms with Crippen LogP contribution in [0.1, 0.15) is 23.2 Å². The second-order valence-electron chi connectivity index (χ2n) is 6.09. The Morgan fingerprint density at radius 1 is 1.17 bits per heavy atom. The molecular weight excluding hydrogens is 479 g/mol. The van der Waals surface area contributed by atoms with Gasteiger partial charge in [-0.25, -0.2) is 0 Å². The molecule has 1 amide bonds. The van der Waals surface area contributed by atoms with E-state index >= 15 is 0 Å². The normalized spacial score (nSPS) is 15.4. The molecule has 2 aromatic carbocycles. The molecular formula is C19H20BrIN2O. The molecule has 0 aromatic heterocycles. The molecule has 3 rings (SSSR count). The quantitative estimate of drug-likeness (QED) is 0.568. The van der Waals surface area contributed by atoms with Gasteiger partial charge in [0.25, 0.3) is 5.91 Å². The molecule has 2 aromatic rings. The van der Waals surface area contributed by atoms with E-state index in [0.29, 0.717) is 6.04 Å². The zero-order chi connectivity index (χ0) is 17.1. The second kappa shape index (κ2) is 7.87. The molecule has 0 atom stereocenters. The summed E-state index contributed by atoms with van der Waals surface area (Å²) in [5, 5.41) is 0. The minimum Gasteiger partial charge on any atom is -0.371 e. The highest BCUT2D eigenvalue weighted by Gasteiger charge is 2.27. The van der Waals surface area contributed by atoms with E-state index in [0.717, 1.165) is 39.5 Å². The maximum atomic E-state index is 12.8. The fraction of sp³-hybridized carbons (Fsp3) is 0.316. The van der Waals surface area contributed by atoms with Gasteiger partial charge in [-0.15, -0.1) is 0 Å². The van der Waals surface area contributed by atoms with Gasteiger partial charge in [0.2, 0.25) is 0 Å². The van der Waals surface area contributed by atoms with E-state index in [1.54, 1.807) is 0 Å². The number of para-hydroxylation sites is 1. The first-order valence-corrected chi connectivity index (χ1v) is 9.95. The zero-order valence-corrected chi connectivity index (χ0v) is 17.3. The highest BCUT2D eigenvalue weighted by molar-refractivity contribution is 14.1. The Morgan fingerprint density at radius 2 is 1.83 bits per heavy atom. The first-order valence-electron chi connectivity index (χ1n) is 8.08. The lowest BCUT2D eigenvalue weighted by atomic mass is 10.0. The number of amides is 1. The lowest BCUT2D eigenvalue weighted by Gasteiger charge is -2.38. The van der Waals surface area contributed by atoms with Gasteiger partial charge in [0.05, 0.1) is 5.56 Å². The molecule has 0 saturated carbocycles. The van der Waals surface area contributed by atoms with Crippen molar-refractivity contribution >= 4 is 50.1 Å². The number of benzene rings is 2. The van der Waals surface area contributed by atoms with Crippen molar-refractivity contribution in [3.8, 4) is 0 Å². The Bertz CT molecular complexity index is 715. The maximum absolute atomic E-state index is 12.8. The topological polar surface area (TPSA) is 23.6 Å². The number of anilines is 1. The third kappa shape index (κ3) is 3.94. The fourth-order valence-corrected chi connectivity index (χ4v) is 4.09. The monoisotopic (exact) mass is 498 g/mol. The summed E-state index contributed by atoms with van der Waals surface area (Å²) in [6, 6.07) is 16.8. The molecule has 0 N–H and O–H groups in total. The largest absolute Gasteiger partial charge is 0.371 e. The second-order valence-corrected chi connectivity index (χ2v) is 8.17. The molecule has 24 heavy (non-hydrogen) atoms. The number of carbonyl (C=O) groups is 1. The number of hydrogen-bond acceptors (Lipinski definition) is 2. The first kappa shape index (κ1) is 17.7.